The van der Waals surface area contributed by atoms with Crippen LogP contribution in [0.5, 0.6) is 0 Å². The van der Waals surface area contributed by atoms with Crippen molar-refractivity contribution in [1.82, 2.24) is 24.5 Å². The van der Waals surface area contributed by atoms with Crippen LogP contribution in [0.3, 0.4) is 0 Å². The zero-order chi connectivity index (χ0) is 37.3. The van der Waals surface area contributed by atoms with Gasteiger partial charge in [0, 0.05) is 23.6 Å². The van der Waals surface area contributed by atoms with Crippen molar-refractivity contribution in [2.45, 2.75) is 58.0 Å². The van der Waals surface area contributed by atoms with Crippen molar-refractivity contribution in [3.05, 3.63) is 113 Å². The monoisotopic (exact) mass is 730 g/mol. The number of ether oxygens (including phenoxy) is 1. The first-order chi connectivity index (χ1) is 23.9. The number of nitrogens with zero attached hydrogens (tertiary/aromatic N) is 3. The molecule has 0 saturated heterocycles. The molecule has 12 nitrogen and oxygen atoms in total. The first kappa shape index (κ1) is 37.0. The van der Waals surface area contributed by atoms with Crippen LogP contribution in [-0.4, -0.2) is 54.3 Å². The van der Waals surface area contributed by atoms with Crippen LogP contribution in [0.1, 0.15) is 66.4 Å². The Balaban J connectivity index is 1.65. The molecule has 0 aliphatic carbocycles. The van der Waals surface area contributed by atoms with Crippen molar-refractivity contribution < 1.29 is 45.1 Å². The van der Waals surface area contributed by atoms with Crippen LogP contribution in [0.4, 0.5) is 28.2 Å². The van der Waals surface area contributed by atoms with Gasteiger partial charge in [-0.25, -0.2) is 18.6 Å². The molecule has 0 fully saturated rings. The molecule has 3 N–H and O–H groups in total. The Labute approximate surface area is 291 Å². The molecule has 0 bridgehead atoms. The molecule has 3 aromatic carbocycles. The lowest BCUT2D eigenvalue weighted by atomic mass is 9.80. The van der Waals surface area contributed by atoms with Gasteiger partial charge in [-0.1, -0.05) is 36.4 Å². The van der Waals surface area contributed by atoms with E-state index in [4.69, 9.17) is 4.74 Å². The van der Waals surface area contributed by atoms with Gasteiger partial charge >= 0.3 is 22.5 Å². The Morgan fingerprint density at radius 1 is 0.961 bits per heavy atom. The fourth-order valence-corrected chi connectivity index (χ4v) is 6.31. The molecule has 5 rings (SSSR count). The van der Waals surface area contributed by atoms with Gasteiger partial charge in [-0.3, -0.25) is 14.5 Å². The van der Waals surface area contributed by atoms with Crippen molar-refractivity contribution in [3.63, 3.8) is 0 Å². The molecule has 1 aliphatic heterocycles. The number of benzene rings is 3. The molecular formula is C34H34F4N6O6S. The third-order valence-electron chi connectivity index (χ3n) is 7.74. The largest absolute Gasteiger partial charge is 0.443 e. The van der Waals surface area contributed by atoms with E-state index in [1.54, 1.807) is 62.7 Å². The molecule has 0 radical (unpaired) electrons. The standard InChI is InChI=1S/C34H34F4N6O6S/c1-5-43-30-27(25(41-44(30)24-12-7-6-8-13-24)19-39-51(48,49)42-32(47)50-33(2,3)4)26(20-14-16-23(35)17-15-20)28(31(43)46)40-29(45)21-10-9-11-22(18-21)34(36,37)38/h6-18,26,28,39H,5,19H2,1-4H3,(H,40,45)(H,42,47)/t26-,28-/m0/s1. The predicted molar refractivity (Wildman–Crippen MR) is 178 cm³/mol. The molecule has 0 saturated carbocycles. The van der Waals surface area contributed by atoms with E-state index < -0.39 is 69.8 Å². The topological polar surface area (TPSA) is 152 Å². The number of hydrogen-bond donors (Lipinski definition) is 3. The van der Waals surface area contributed by atoms with E-state index in [-0.39, 0.29) is 29.2 Å². The fourth-order valence-electron chi connectivity index (χ4n) is 5.65. The van der Waals surface area contributed by atoms with Crippen molar-refractivity contribution >= 4 is 33.9 Å². The second kappa shape index (κ2) is 14.1. The van der Waals surface area contributed by atoms with Crippen molar-refractivity contribution in [2.24, 2.45) is 0 Å². The molecular weight excluding hydrogens is 696 g/mol. The van der Waals surface area contributed by atoms with E-state index in [0.717, 1.165) is 24.3 Å². The fraction of sp³-hybridized carbons (Fsp3) is 0.294. The highest BCUT2D eigenvalue weighted by atomic mass is 32.2. The van der Waals surface area contributed by atoms with Gasteiger partial charge in [-0.2, -0.15) is 31.4 Å². The predicted octanol–water partition coefficient (Wildman–Crippen LogP) is 5.19. The van der Waals surface area contributed by atoms with E-state index in [1.165, 1.54) is 27.8 Å². The molecule has 1 aliphatic rings. The molecule has 0 spiro atoms. The van der Waals surface area contributed by atoms with Gasteiger partial charge in [0.05, 0.1) is 23.5 Å². The number of amides is 3. The summed E-state index contributed by atoms with van der Waals surface area (Å²) in [7, 11) is -4.55. The maximum atomic E-state index is 14.4. The van der Waals surface area contributed by atoms with Gasteiger partial charge in [0.25, 0.3) is 11.8 Å². The second-order valence-corrected chi connectivity index (χ2v) is 14.0. The molecule has 2 heterocycles. The van der Waals surface area contributed by atoms with E-state index >= 15 is 0 Å². The zero-order valence-corrected chi connectivity index (χ0v) is 28.6. The molecule has 1 aromatic heterocycles. The van der Waals surface area contributed by atoms with Crippen molar-refractivity contribution in [2.75, 3.05) is 11.4 Å². The van der Waals surface area contributed by atoms with E-state index in [0.29, 0.717) is 17.3 Å². The number of rotatable bonds is 9. The van der Waals surface area contributed by atoms with Crippen molar-refractivity contribution in [3.8, 4) is 5.69 Å². The summed E-state index contributed by atoms with van der Waals surface area (Å²) in [6.07, 6.45) is -5.98. The molecule has 3 amide bonds. The number of likely N-dealkylation sites (N-methyl/N-ethyl adjacent to an activating group) is 1. The zero-order valence-electron chi connectivity index (χ0n) is 27.8. The number of halogens is 4. The number of alkyl halides is 3. The number of carbonyl (C=O) groups excluding carboxylic acids is 3. The third-order valence-corrected chi connectivity index (χ3v) is 8.70. The number of hydrogen-bond acceptors (Lipinski definition) is 7. The summed E-state index contributed by atoms with van der Waals surface area (Å²) in [6, 6.07) is 15.8. The maximum absolute atomic E-state index is 14.4. The van der Waals surface area contributed by atoms with Crippen LogP contribution < -0.4 is 19.7 Å². The second-order valence-electron chi connectivity index (χ2n) is 12.5. The quantitative estimate of drug-likeness (QED) is 0.201. The van der Waals surface area contributed by atoms with Crippen LogP contribution in [0.25, 0.3) is 5.69 Å². The minimum Gasteiger partial charge on any atom is -0.443 e. The average molecular weight is 731 g/mol. The Bertz CT molecular complexity index is 2050. The molecule has 2 atom stereocenters. The summed E-state index contributed by atoms with van der Waals surface area (Å²) in [4.78, 5) is 41.5. The summed E-state index contributed by atoms with van der Waals surface area (Å²) >= 11 is 0. The minimum absolute atomic E-state index is 0.0296. The maximum Gasteiger partial charge on any atom is 0.422 e. The number of para-hydroxylation sites is 1. The van der Waals surface area contributed by atoms with Gasteiger partial charge in [0.15, 0.2) is 0 Å². The molecule has 51 heavy (non-hydrogen) atoms. The highest BCUT2D eigenvalue weighted by Gasteiger charge is 2.46. The number of nitrogens with one attached hydrogen (secondary N) is 3. The molecule has 270 valence electrons. The smallest absolute Gasteiger partial charge is 0.422 e. The Morgan fingerprint density at radius 2 is 1.63 bits per heavy atom. The van der Waals surface area contributed by atoms with Crippen LogP contribution in [-0.2, 0) is 32.5 Å². The number of anilines is 1. The highest BCUT2D eigenvalue weighted by molar-refractivity contribution is 7.88. The molecule has 4 aromatic rings. The number of aromatic nitrogens is 2. The first-order valence-corrected chi connectivity index (χ1v) is 17.1. The van der Waals surface area contributed by atoms with Crippen LogP contribution >= 0.6 is 0 Å². The van der Waals surface area contributed by atoms with E-state index in [1.807, 2.05) is 0 Å². The van der Waals surface area contributed by atoms with Gasteiger partial charge in [0.2, 0.25) is 0 Å². The Hall–Kier alpha value is -5.29. The minimum atomic E-state index is -4.74. The van der Waals surface area contributed by atoms with E-state index in [9.17, 15) is 40.4 Å². The summed E-state index contributed by atoms with van der Waals surface area (Å²) in [5.41, 5.74) is -1.35. The first-order valence-electron chi connectivity index (χ1n) is 15.6. The number of carbonyl (C=O) groups is 3. The molecule has 17 heteroatoms. The van der Waals surface area contributed by atoms with E-state index in [2.05, 4.69) is 15.1 Å². The Kier molecular flexibility index (Phi) is 10.3. The highest BCUT2D eigenvalue weighted by Crippen LogP contribution is 2.44. The van der Waals surface area contributed by atoms with Gasteiger partial charge in [-0.05, 0) is 75.7 Å². The average Bonchev–Trinajstić information content (AvgIpc) is 3.42. The van der Waals surface area contributed by atoms with Crippen LogP contribution in [0.15, 0.2) is 78.9 Å². The Morgan fingerprint density at radius 3 is 2.24 bits per heavy atom. The summed E-state index contributed by atoms with van der Waals surface area (Å²) in [5.74, 6) is -3.20. The number of fused-ring (bicyclic) bond motifs is 1. The van der Waals surface area contributed by atoms with Gasteiger partial charge < -0.3 is 10.1 Å². The summed E-state index contributed by atoms with van der Waals surface area (Å²) in [5, 5.41) is 7.27. The summed E-state index contributed by atoms with van der Waals surface area (Å²) < 4.78 is 91.1. The van der Waals surface area contributed by atoms with Gasteiger partial charge in [-0.15, -0.1) is 0 Å². The third kappa shape index (κ3) is 8.37. The van der Waals surface area contributed by atoms with Crippen LogP contribution in [0.2, 0.25) is 0 Å². The lowest BCUT2D eigenvalue weighted by molar-refractivity contribution is -0.137. The lowest BCUT2D eigenvalue weighted by Crippen LogP contribution is -2.55. The van der Waals surface area contributed by atoms with Gasteiger partial charge in [0.1, 0.15) is 23.3 Å². The lowest BCUT2D eigenvalue weighted by Gasteiger charge is -2.38. The summed E-state index contributed by atoms with van der Waals surface area (Å²) in [6.45, 7) is 5.79. The normalized spacial score (nSPS) is 16.4. The molecule has 0 unspecified atom stereocenters. The van der Waals surface area contributed by atoms with Crippen molar-refractivity contribution in [1.29, 1.82) is 0 Å². The van der Waals surface area contributed by atoms with Crippen LogP contribution in [0, 0.1) is 5.82 Å². The SMILES string of the molecule is CCN1C(=O)[C@@H](NC(=O)c2cccc(C(F)(F)F)c2)[C@@H](c2ccc(F)cc2)c2c(CNS(=O)(=O)NC(=O)OC(C)(C)C)nn(-c3ccccc3)c21.